The van der Waals surface area contributed by atoms with Crippen molar-refractivity contribution in [2.75, 3.05) is 0 Å². The lowest BCUT2D eigenvalue weighted by atomic mass is 9.64. The van der Waals surface area contributed by atoms with E-state index in [0.29, 0.717) is 11.8 Å². The molecule has 0 aromatic heterocycles. The summed E-state index contributed by atoms with van der Waals surface area (Å²) in [7, 11) is 0. The van der Waals surface area contributed by atoms with Crippen molar-refractivity contribution in [3.63, 3.8) is 0 Å². The van der Waals surface area contributed by atoms with Gasteiger partial charge in [-0.2, -0.15) is 0 Å². The van der Waals surface area contributed by atoms with Crippen LogP contribution in [0.25, 0.3) is 91.8 Å². The lowest BCUT2D eigenvalue weighted by Crippen LogP contribution is -2.23. The van der Waals surface area contributed by atoms with Gasteiger partial charge in [-0.3, -0.25) is 0 Å². The maximum absolute atomic E-state index is 2.41. The van der Waals surface area contributed by atoms with Crippen LogP contribution in [0.4, 0.5) is 0 Å². The third-order valence-electron chi connectivity index (χ3n) is 12.0. The van der Waals surface area contributed by atoms with Gasteiger partial charge in [0.2, 0.25) is 0 Å². The Hall–Kier alpha value is -6.24. The summed E-state index contributed by atoms with van der Waals surface area (Å²) >= 11 is 0. The Morgan fingerprint density at radius 1 is 0.360 bits per heavy atom. The Morgan fingerprint density at radius 2 is 0.820 bits per heavy atom. The van der Waals surface area contributed by atoms with Crippen LogP contribution in [-0.2, 0) is 0 Å². The Morgan fingerprint density at radius 3 is 1.32 bits per heavy atom. The van der Waals surface area contributed by atoms with E-state index in [1.165, 1.54) is 108 Å². The number of hydrogen-bond acceptors (Lipinski definition) is 0. The minimum Gasteiger partial charge on any atom is -0.0760 e. The third-order valence-corrected chi connectivity index (χ3v) is 12.0. The fourth-order valence-corrected chi connectivity index (χ4v) is 10.0. The van der Waals surface area contributed by atoms with Crippen LogP contribution in [0.3, 0.4) is 0 Å². The molecule has 50 heavy (non-hydrogen) atoms. The van der Waals surface area contributed by atoms with Crippen molar-refractivity contribution in [1.82, 2.24) is 0 Å². The quantitative estimate of drug-likeness (QED) is 0.116. The molecule has 0 heterocycles. The van der Waals surface area contributed by atoms with Crippen LogP contribution in [0.2, 0.25) is 0 Å². The molecule has 230 valence electrons. The molecule has 2 atom stereocenters. The van der Waals surface area contributed by atoms with Crippen molar-refractivity contribution in [3.05, 3.63) is 187 Å². The SMILES string of the molecule is C1=CC2=CC=CC3c4ccc5c6cccc7cccc(c8ccc(c4c85)C(=C1)C23)c76.c1cc2cccc3c4cccc5cccc(c(c1)c23)c54. The summed E-state index contributed by atoms with van der Waals surface area (Å²) in [6, 6.07) is 49.5. The van der Waals surface area contributed by atoms with E-state index in [2.05, 4.69) is 170 Å². The molecule has 10 aromatic carbocycles. The molecule has 0 heteroatoms. The number of rotatable bonds is 0. The average molecular weight is 631 g/mol. The molecule has 0 fully saturated rings. The van der Waals surface area contributed by atoms with Crippen LogP contribution in [0.1, 0.15) is 17.0 Å². The summed E-state index contributed by atoms with van der Waals surface area (Å²) < 4.78 is 0. The molecule has 0 spiro atoms. The highest BCUT2D eigenvalue weighted by molar-refractivity contribution is 6.35. The molecule has 0 radical (unpaired) electrons. The van der Waals surface area contributed by atoms with E-state index >= 15 is 0 Å². The van der Waals surface area contributed by atoms with Crippen molar-refractivity contribution < 1.29 is 0 Å². The number of hydrogen-bond donors (Lipinski definition) is 0. The molecule has 0 nitrogen and oxygen atoms in total. The van der Waals surface area contributed by atoms with Crippen molar-refractivity contribution in [3.8, 4) is 0 Å². The first-order valence-electron chi connectivity index (χ1n) is 17.8. The van der Waals surface area contributed by atoms with E-state index in [4.69, 9.17) is 0 Å². The highest BCUT2D eigenvalue weighted by Gasteiger charge is 2.37. The molecule has 10 aromatic rings. The molecule has 0 N–H and O–H groups in total. The smallest absolute Gasteiger partial charge is 0.0199 e. The van der Waals surface area contributed by atoms with Gasteiger partial charge in [-0.1, -0.05) is 170 Å². The lowest BCUT2D eigenvalue weighted by Gasteiger charge is -2.38. The molecule has 3 aliphatic carbocycles. The predicted octanol–water partition coefficient (Wildman–Crippen LogP) is 13.6. The summed E-state index contributed by atoms with van der Waals surface area (Å²) in [6.45, 7) is 0. The molecule has 0 bridgehead atoms. The zero-order chi connectivity index (χ0) is 32.5. The van der Waals surface area contributed by atoms with E-state index in [1.807, 2.05) is 0 Å². The van der Waals surface area contributed by atoms with Gasteiger partial charge in [0.05, 0.1) is 0 Å². The zero-order valence-corrected chi connectivity index (χ0v) is 27.3. The van der Waals surface area contributed by atoms with Crippen LogP contribution in [-0.4, -0.2) is 0 Å². The molecular formula is C50H30. The van der Waals surface area contributed by atoms with Crippen molar-refractivity contribution in [2.45, 2.75) is 5.92 Å². The van der Waals surface area contributed by atoms with Crippen LogP contribution < -0.4 is 0 Å². The largest absolute Gasteiger partial charge is 0.0760 e. The lowest BCUT2D eigenvalue weighted by molar-refractivity contribution is 0.684. The molecule has 3 aliphatic rings. The van der Waals surface area contributed by atoms with E-state index in [-0.39, 0.29) is 0 Å². The van der Waals surface area contributed by atoms with Gasteiger partial charge in [-0.05, 0) is 108 Å². The van der Waals surface area contributed by atoms with Gasteiger partial charge in [-0.25, -0.2) is 0 Å². The van der Waals surface area contributed by atoms with Crippen molar-refractivity contribution >= 4 is 91.8 Å². The van der Waals surface area contributed by atoms with E-state index in [1.54, 1.807) is 0 Å². The highest BCUT2D eigenvalue weighted by atomic mass is 14.4. The maximum atomic E-state index is 2.41. The monoisotopic (exact) mass is 630 g/mol. The second-order valence-corrected chi connectivity index (χ2v) is 14.3. The standard InChI is InChI=1S/C30H18.C20H12/c1-5-17-6-2-10-20-24-15-16-26-22-12-4-8-18-7-3-11-21(28(18)22)25-14-13-23(29(24)30(25)26)19(9-1)27(17)20;1-5-13-6-2-11-17-18-12-4-8-14-7-3-10-16(20(14)18)15(9-1)19(13)17/h1-16,19,27H;1-12H. The molecule has 13 rings (SSSR count). The Bertz CT molecular complexity index is 2980. The number of fused-ring (bicyclic) bond motifs is 6. The Labute approximate surface area is 289 Å². The van der Waals surface area contributed by atoms with Gasteiger partial charge in [-0.15, -0.1) is 0 Å². The summed E-state index contributed by atoms with van der Waals surface area (Å²) in [5.74, 6) is 0.872. The van der Waals surface area contributed by atoms with Gasteiger partial charge in [0.1, 0.15) is 0 Å². The van der Waals surface area contributed by atoms with Gasteiger partial charge in [0.15, 0.2) is 0 Å². The minimum atomic E-state index is 0.422. The summed E-state index contributed by atoms with van der Waals surface area (Å²) in [5, 5.41) is 22.0. The van der Waals surface area contributed by atoms with Crippen molar-refractivity contribution in [1.29, 1.82) is 0 Å². The van der Waals surface area contributed by atoms with Crippen molar-refractivity contribution in [2.24, 2.45) is 5.92 Å². The molecule has 0 saturated heterocycles. The highest BCUT2D eigenvalue weighted by Crippen LogP contribution is 2.55. The van der Waals surface area contributed by atoms with Gasteiger partial charge in [0, 0.05) is 11.8 Å². The van der Waals surface area contributed by atoms with Crippen LogP contribution in [0, 0.1) is 5.92 Å². The first kappa shape index (κ1) is 26.7. The van der Waals surface area contributed by atoms with Crippen LogP contribution >= 0.6 is 0 Å². The second-order valence-electron chi connectivity index (χ2n) is 14.3. The first-order valence-corrected chi connectivity index (χ1v) is 17.8. The maximum Gasteiger partial charge on any atom is 0.0199 e. The molecule has 2 unspecified atom stereocenters. The Balaban J connectivity index is 0.000000124. The molecular weight excluding hydrogens is 601 g/mol. The predicted molar refractivity (Wildman–Crippen MR) is 216 cm³/mol. The number of benzene rings is 10. The molecule has 0 aliphatic heterocycles. The van der Waals surface area contributed by atoms with E-state index in [9.17, 15) is 0 Å². The summed E-state index contributed by atoms with van der Waals surface area (Å²) in [5.41, 5.74) is 5.82. The number of allylic oxidation sites excluding steroid dienone is 8. The van der Waals surface area contributed by atoms with Gasteiger partial charge < -0.3 is 0 Å². The summed E-state index contributed by atoms with van der Waals surface area (Å²) in [4.78, 5) is 0. The van der Waals surface area contributed by atoms with Gasteiger partial charge >= 0.3 is 0 Å². The van der Waals surface area contributed by atoms with E-state index in [0.717, 1.165) is 0 Å². The third kappa shape index (κ3) is 3.36. The minimum absolute atomic E-state index is 0.422. The normalized spacial score (nSPS) is 17.7. The average Bonchev–Trinajstić information content (AvgIpc) is 3.18. The van der Waals surface area contributed by atoms with Crippen LogP contribution in [0.5, 0.6) is 0 Å². The Kier molecular flexibility index (Phi) is 5.17. The van der Waals surface area contributed by atoms with Crippen LogP contribution in [0.15, 0.2) is 175 Å². The zero-order valence-electron chi connectivity index (χ0n) is 27.3. The van der Waals surface area contributed by atoms with E-state index < -0.39 is 0 Å². The molecule has 0 saturated carbocycles. The fourth-order valence-electron chi connectivity index (χ4n) is 10.0. The topological polar surface area (TPSA) is 0 Å². The first-order chi connectivity index (χ1) is 24.8. The van der Waals surface area contributed by atoms with Gasteiger partial charge in [0.25, 0.3) is 0 Å². The summed E-state index contributed by atoms with van der Waals surface area (Å²) in [6.07, 6.45) is 13.8. The fraction of sp³-hybridized carbons (Fsp3) is 0.0400. The molecule has 0 amide bonds. The second kappa shape index (κ2) is 9.68.